The van der Waals surface area contributed by atoms with Gasteiger partial charge in [0.25, 0.3) is 0 Å². The van der Waals surface area contributed by atoms with Crippen molar-refractivity contribution in [2.45, 2.75) is 20.3 Å². The van der Waals surface area contributed by atoms with E-state index >= 15 is 0 Å². The molecule has 1 aliphatic heterocycles. The molecule has 19 heavy (non-hydrogen) atoms. The SMILES string of the molecule is CC[C@H](C)C(=O)N1CCN(c2ccccc2Cl)CC1. The minimum Gasteiger partial charge on any atom is -0.367 e. The summed E-state index contributed by atoms with van der Waals surface area (Å²) in [6.07, 6.45) is 0.906. The monoisotopic (exact) mass is 280 g/mol. The highest BCUT2D eigenvalue weighted by Gasteiger charge is 2.24. The zero-order chi connectivity index (χ0) is 13.8. The molecule has 0 spiro atoms. The lowest BCUT2D eigenvalue weighted by Crippen LogP contribution is -2.50. The lowest BCUT2D eigenvalue weighted by atomic mass is 10.1. The van der Waals surface area contributed by atoms with E-state index in [9.17, 15) is 4.79 Å². The van der Waals surface area contributed by atoms with Gasteiger partial charge in [-0.1, -0.05) is 37.6 Å². The van der Waals surface area contributed by atoms with Gasteiger partial charge in [-0.25, -0.2) is 0 Å². The number of halogens is 1. The first-order valence-electron chi connectivity index (χ1n) is 6.91. The van der Waals surface area contributed by atoms with Crippen LogP contribution in [-0.2, 0) is 4.79 Å². The Kier molecular flexibility index (Phi) is 4.70. The first kappa shape index (κ1) is 14.2. The van der Waals surface area contributed by atoms with Crippen LogP contribution in [0.4, 0.5) is 5.69 Å². The molecule has 1 fully saturated rings. The van der Waals surface area contributed by atoms with Gasteiger partial charge < -0.3 is 9.80 Å². The number of amides is 1. The first-order valence-corrected chi connectivity index (χ1v) is 7.29. The molecule has 4 heteroatoms. The molecule has 0 bridgehead atoms. The fraction of sp³-hybridized carbons (Fsp3) is 0.533. The Balaban J connectivity index is 1.96. The average molecular weight is 281 g/mol. The first-order chi connectivity index (χ1) is 9.13. The van der Waals surface area contributed by atoms with Crippen LogP contribution in [0.25, 0.3) is 0 Å². The van der Waals surface area contributed by atoms with Crippen LogP contribution in [0.15, 0.2) is 24.3 Å². The molecule has 2 rings (SSSR count). The number of nitrogens with zero attached hydrogens (tertiary/aromatic N) is 2. The summed E-state index contributed by atoms with van der Waals surface area (Å²) >= 11 is 6.21. The van der Waals surface area contributed by atoms with E-state index in [-0.39, 0.29) is 11.8 Å². The Labute approximate surface area is 120 Å². The van der Waals surface area contributed by atoms with Gasteiger partial charge in [0.15, 0.2) is 0 Å². The third-order valence-corrected chi connectivity index (χ3v) is 4.14. The van der Waals surface area contributed by atoms with Gasteiger partial charge in [-0.15, -0.1) is 0 Å². The van der Waals surface area contributed by atoms with Crippen LogP contribution in [0.1, 0.15) is 20.3 Å². The van der Waals surface area contributed by atoms with E-state index in [0.717, 1.165) is 43.3 Å². The van der Waals surface area contributed by atoms with E-state index in [4.69, 9.17) is 11.6 Å². The summed E-state index contributed by atoms with van der Waals surface area (Å²) in [5.74, 6) is 0.410. The zero-order valence-corrected chi connectivity index (χ0v) is 12.4. The van der Waals surface area contributed by atoms with E-state index in [2.05, 4.69) is 11.8 Å². The van der Waals surface area contributed by atoms with E-state index in [1.165, 1.54) is 0 Å². The van der Waals surface area contributed by atoms with Crippen LogP contribution < -0.4 is 4.90 Å². The van der Waals surface area contributed by atoms with Crippen molar-refractivity contribution in [2.24, 2.45) is 5.92 Å². The van der Waals surface area contributed by atoms with Gasteiger partial charge in [0.1, 0.15) is 0 Å². The molecule has 0 unspecified atom stereocenters. The molecule has 1 aromatic carbocycles. The Bertz CT molecular complexity index is 442. The summed E-state index contributed by atoms with van der Waals surface area (Å²) < 4.78 is 0. The number of hydrogen-bond donors (Lipinski definition) is 0. The van der Waals surface area contributed by atoms with Crippen molar-refractivity contribution in [3.63, 3.8) is 0 Å². The highest BCUT2D eigenvalue weighted by molar-refractivity contribution is 6.33. The van der Waals surface area contributed by atoms with E-state index in [1.54, 1.807) is 0 Å². The molecule has 0 aliphatic carbocycles. The Morgan fingerprint density at radius 1 is 1.26 bits per heavy atom. The van der Waals surface area contributed by atoms with Crippen LogP contribution in [0.3, 0.4) is 0 Å². The maximum Gasteiger partial charge on any atom is 0.225 e. The number of carbonyl (C=O) groups excluding carboxylic acids is 1. The molecule has 0 saturated carbocycles. The second kappa shape index (κ2) is 6.29. The van der Waals surface area contributed by atoms with Crippen molar-refractivity contribution < 1.29 is 4.79 Å². The lowest BCUT2D eigenvalue weighted by Gasteiger charge is -2.37. The number of piperazine rings is 1. The largest absolute Gasteiger partial charge is 0.367 e. The van der Waals surface area contributed by atoms with Gasteiger partial charge in [0.05, 0.1) is 10.7 Å². The molecule has 0 N–H and O–H groups in total. The number of anilines is 1. The number of para-hydroxylation sites is 1. The highest BCUT2D eigenvalue weighted by atomic mass is 35.5. The molecule has 1 aliphatic rings. The van der Waals surface area contributed by atoms with Crippen LogP contribution in [0.2, 0.25) is 5.02 Å². The highest BCUT2D eigenvalue weighted by Crippen LogP contribution is 2.26. The topological polar surface area (TPSA) is 23.6 Å². The van der Waals surface area contributed by atoms with E-state index < -0.39 is 0 Å². The predicted molar refractivity (Wildman–Crippen MR) is 79.7 cm³/mol. The molecule has 1 saturated heterocycles. The number of carbonyl (C=O) groups is 1. The van der Waals surface area contributed by atoms with Crippen molar-refractivity contribution in [1.82, 2.24) is 4.90 Å². The minimum absolute atomic E-state index is 0.131. The van der Waals surface area contributed by atoms with E-state index in [0.29, 0.717) is 0 Å². The number of hydrogen-bond acceptors (Lipinski definition) is 2. The third-order valence-electron chi connectivity index (χ3n) is 3.82. The zero-order valence-electron chi connectivity index (χ0n) is 11.6. The molecular formula is C15H21ClN2O. The van der Waals surface area contributed by atoms with Crippen LogP contribution in [-0.4, -0.2) is 37.0 Å². The second-order valence-electron chi connectivity index (χ2n) is 5.07. The van der Waals surface area contributed by atoms with Crippen LogP contribution in [0, 0.1) is 5.92 Å². The summed E-state index contributed by atoms with van der Waals surface area (Å²) in [4.78, 5) is 16.3. The second-order valence-corrected chi connectivity index (χ2v) is 5.48. The number of benzene rings is 1. The van der Waals surface area contributed by atoms with Gasteiger partial charge in [-0.3, -0.25) is 4.79 Å². The van der Waals surface area contributed by atoms with Crippen molar-refractivity contribution in [3.8, 4) is 0 Å². The van der Waals surface area contributed by atoms with Crippen molar-refractivity contribution in [1.29, 1.82) is 0 Å². The van der Waals surface area contributed by atoms with Gasteiger partial charge >= 0.3 is 0 Å². The summed E-state index contributed by atoms with van der Waals surface area (Å²) in [6, 6.07) is 7.88. The quantitative estimate of drug-likeness (QED) is 0.850. The van der Waals surface area contributed by atoms with Crippen molar-refractivity contribution >= 4 is 23.2 Å². The summed E-state index contributed by atoms with van der Waals surface area (Å²) in [5.41, 5.74) is 1.07. The van der Waals surface area contributed by atoms with Gasteiger partial charge in [-0.2, -0.15) is 0 Å². The predicted octanol–water partition coefficient (Wildman–Crippen LogP) is 3.03. The molecule has 0 aromatic heterocycles. The maximum atomic E-state index is 12.1. The summed E-state index contributed by atoms with van der Waals surface area (Å²) in [5, 5.41) is 0.782. The third kappa shape index (κ3) is 3.21. The Morgan fingerprint density at radius 2 is 1.89 bits per heavy atom. The molecule has 3 nitrogen and oxygen atoms in total. The molecule has 104 valence electrons. The molecule has 1 atom stereocenters. The normalized spacial score (nSPS) is 17.4. The number of rotatable bonds is 3. The average Bonchev–Trinajstić information content (AvgIpc) is 2.46. The maximum absolute atomic E-state index is 12.1. The molecular weight excluding hydrogens is 260 g/mol. The smallest absolute Gasteiger partial charge is 0.225 e. The Hall–Kier alpha value is -1.22. The fourth-order valence-electron chi connectivity index (χ4n) is 2.36. The fourth-order valence-corrected chi connectivity index (χ4v) is 2.62. The van der Waals surface area contributed by atoms with Crippen LogP contribution in [0.5, 0.6) is 0 Å². The molecule has 0 radical (unpaired) electrons. The standard InChI is InChI=1S/C15H21ClN2O/c1-3-12(2)15(19)18-10-8-17(9-11-18)14-7-5-4-6-13(14)16/h4-7,12H,3,8-11H2,1-2H3/t12-/m0/s1. The van der Waals surface area contributed by atoms with Gasteiger partial charge in [0.2, 0.25) is 5.91 Å². The van der Waals surface area contributed by atoms with Crippen LogP contribution >= 0.6 is 11.6 Å². The molecule has 1 heterocycles. The molecule has 1 amide bonds. The minimum atomic E-state index is 0.131. The summed E-state index contributed by atoms with van der Waals surface area (Å²) in [7, 11) is 0. The Morgan fingerprint density at radius 3 is 2.47 bits per heavy atom. The van der Waals surface area contributed by atoms with E-state index in [1.807, 2.05) is 36.1 Å². The molecule has 1 aromatic rings. The van der Waals surface area contributed by atoms with Gasteiger partial charge in [0, 0.05) is 32.1 Å². The van der Waals surface area contributed by atoms with Crippen molar-refractivity contribution in [2.75, 3.05) is 31.1 Å². The van der Waals surface area contributed by atoms with Gasteiger partial charge in [-0.05, 0) is 18.6 Å². The lowest BCUT2D eigenvalue weighted by molar-refractivity contribution is -0.135. The summed E-state index contributed by atoms with van der Waals surface area (Å²) in [6.45, 7) is 7.34. The van der Waals surface area contributed by atoms with Crippen molar-refractivity contribution in [3.05, 3.63) is 29.3 Å².